The van der Waals surface area contributed by atoms with Crippen molar-refractivity contribution in [2.45, 2.75) is 46.1 Å². The molecule has 8 aromatic heterocycles. The summed E-state index contributed by atoms with van der Waals surface area (Å²) in [6.07, 6.45) is 28.2. The molecule has 13 nitrogen and oxygen atoms in total. The van der Waals surface area contributed by atoms with E-state index in [0.29, 0.717) is 26.0 Å². The Labute approximate surface area is 481 Å². The summed E-state index contributed by atoms with van der Waals surface area (Å²) >= 11 is 0. The van der Waals surface area contributed by atoms with Crippen LogP contribution in [0.15, 0.2) is 159 Å². The first kappa shape index (κ1) is 52.4. The molecule has 0 radical (unpaired) electrons. The van der Waals surface area contributed by atoms with Gasteiger partial charge in [0.1, 0.15) is 39.2 Å². The summed E-state index contributed by atoms with van der Waals surface area (Å²) in [5.74, 6) is 1.66. The fourth-order valence-electron chi connectivity index (χ4n) is 11.8. The second-order valence-corrected chi connectivity index (χ2v) is 21.8. The molecule has 8 bridgehead atoms. The van der Waals surface area contributed by atoms with Crippen LogP contribution in [0.2, 0.25) is 0 Å². The SMILES string of the molecule is COc1ccc2[nH]c3c(C)c4cc[n+](CCCCC(=O)NCCCOc5ccc(-c6c7nc(c(-c8cc[n+](C)cc8)c8ccc([nH]8)c(-c8cc[n+](C)cc8)c8nc(c(-c9cc[n+](C)cc9)c9ccc6[nH]9)C=C8)C=C7)cc5)cc4c(C)c3c2c1. The van der Waals surface area contributed by atoms with Gasteiger partial charge in [-0.05, 0) is 144 Å². The number of methoxy groups -OCH3 is 1. The number of carbonyl (C=O) groups is 1. The molecule has 0 fully saturated rings. The van der Waals surface area contributed by atoms with Crippen molar-refractivity contribution >= 4 is 84.9 Å². The first-order valence-electron chi connectivity index (χ1n) is 28.5. The molecule has 0 unspecified atom stereocenters. The number of benzene rings is 3. The van der Waals surface area contributed by atoms with Gasteiger partial charge >= 0.3 is 0 Å². The predicted octanol–water partition coefficient (Wildman–Crippen LogP) is 12.3. The molecule has 3 aromatic carbocycles. The normalized spacial score (nSPS) is 12.0. The van der Waals surface area contributed by atoms with E-state index in [-0.39, 0.29) is 5.91 Å². The molecule has 10 heterocycles. The van der Waals surface area contributed by atoms with Gasteiger partial charge in [0, 0.05) is 128 Å². The highest BCUT2D eigenvalue weighted by molar-refractivity contribution is 6.16. The van der Waals surface area contributed by atoms with E-state index in [1.165, 1.54) is 38.2 Å². The van der Waals surface area contributed by atoms with Crippen LogP contribution >= 0.6 is 0 Å². The van der Waals surface area contributed by atoms with Crippen LogP contribution in [0.5, 0.6) is 11.5 Å². The lowest BCUT2D eigenvalue weighted by Crippen LogP contribution is -2.33. The fraction of sp³-hybridized carbons (Fsp3) is 0.186. The average molecular weight is 1100 g/mol. The molecule has 1 amide bonds. The number of ether oxygens (including phenoxy) is 2. The van der Waals surface area contributed by atoms with Crippen LogP contribution in [0.25, 0.3) is 123 Å². The van der Waals surface area contributed by atoms with Crippen LogP contribution in [-0.4, -0.2) is 51.1 Å². The van der Waals surface area contributed by atoms with Gasteiger partial charge < -0.3 is 29.7 Å². The number of pyridine rings is 4. The Balaban J connectivity index is 0.742. The third kappa shape index (κ3) is 10.3. The van der Waals surface area contributed by atoms with Crippen LogP contribution in [0.1, 0.15) is 59.6 Å². The van der Waals surface area contributed by atoms with Crippen molar-refractivity contribution < 1.29 is 32.5 Å². The van der Waals surface area contributed by atoms with Gasteiger partial charge in [-0.2, -0.15) is 0 Å². The monoisotopic (exact) mass is 1090 g/mol. The standard InChI is InChI=1S/C70H63N10O3/c1-44-54-43-80(40-31-52(54)45(2)70-65(44)53-42-51(82-6)15-16-55(53)76-70)33-8-7-10-64(81)71-32-9-41-83-50-13-11-46(12-14-50)66-56-17-19-58(72-56)67(47-25-34-77(3)35-26-47)60-21-23-62(74-60)69(49-29-38-79(5)39-30-49)63-24-22-61(75-63)68(59-20-18-57(66)73-59)48-27-36-78(4)37-28-48/h11-31,34-40,42-43H,7-10,32-33,41H2,1-6H3,(H-,71,72,73,74,75,81)/q+1/p+3. The van der Waals surface area contributed by atoms with Crippen LogP contribution < -0.4 is 33.1 Å². The molecule has 0 spiro atoms. The number of H-pyrrole nitrogens is 3. The minimum Gasteiger partial charge on any atom is -0.497 e. The number of aryl methyl sites for hydroxylation is 6. The van der Waals surface area contributed by atoms with Crippen LogP contribution in [-0.2, 0) is 32.5 Å². The number of nitrogens with one attached hydrogen (secondary N) is 4. The quantitative estimate of drug-likeness (QED) is 0.0599. The Morgan fingerprint density at radius 2 is 0.988 bits per heavy atom. The Bertz CT molecular complexity index is 4530. The summed E-state index contributed by atoms with van der Waals surface area (Å²) in [5.41, 5.74) is 19.9. The topological polar surface area (TPSA) is 136 Å². The zero-order valence-corrected chi connectivity index (χ0v) is 47.7. The van der Waals surface area contributed by atoms with Crippen LogP contribution in [0, 0.1) is 13.8 Å². The van der Waals surface area contributed by atoms with Crippen molar-refractivity contribution in [3.63, 3.8) is 0 Å². The number of nitrogens with zero attached hydrogens (tertiary/aromatic N) is 6. The van der Waals surface area contributed by atoms with E-state index in [4.69, 9.17) is 19.4 Å². The van der Waals surface area contributed by atoms with Crippen molar-refractivity contribution in [3.8, 4) is 56.0 Å². The fourth-order valence-corrected chi connectivity index (χ4v) is 11.8. The lowest BCUT2D eigenvalue weighted by atomic mass is 9.97. The van der Waals surface area contributed by atoms with Gasteiger partial charge in [-0.15, -0.1) is 0 Å². The minimum absolute atomic E-state index is 0.0632. The molecule has 0 saturated heterocycles. The number of aromatic amines is 3. The smallest absolute Gasteiger partial charge is 0.220 e. The highest BCUT2D eigenvalue weighted by Gasteiger charge is 2.22. The maximum absolute atomic E-state index is 13.0. The molecule has 0 atom stereocenters. The maximum atomic E-state index is 13.0. The Morgan fingerprint density at radius 1 is 0.506 bits per heavy atom. The van der Waals surface area contributed by atoms with Crippen molar-refractivity contribution in [3.05, 3.63) is 193 Å². The lowest BCUT2D eigenvalue weighted by Gasteiger charge is -2.10. The minimum atomic E-state index is 0.0632. The van der Waals surface area contributed by atoms with Gasteiger partial charge in [0.25, 0.3) is 0 Å². The van der Waals surface area contributed by atoms with Crippen molar-refractivity contribution in [2.24, 2.45) is 21.1 Å². The van der Waals surface area contributed by atoms with Gasteiger partial charge in [0.15, 0.2) is 49.6 Å². The van der Waals surface area contributed by atoms with Gasteiger partial charge in [-0.3, -0.25) is 4.79 Å². The molecule has 0 saturated carbocycles. The van der Waals surface area contributed by atoms with E-state index in [0.717, 1.165) is 126 Å². The van der Waals surface area contributed by atoms with E-state index in [2.05, 4.69) is 204 Å². The number of unbranched alkanes of at least 4 members (excludes halogenated alkanes) is 1. The number of rotatable bonds is 15. The van der Waals surface area contributed by atoms with Gasteiger partial charge in [-0.25, -0.2) is 28.2 Å². The van der Waals surface area contributed by atoms with Crippen molar-refractivity contribution in [2.75, 3.05) is 20.3 Å². The largest absolute Gasteiger partial charge is 0.497 e. The Hall–Kier alpha value is -10.0. The summed E-state index contributed by atoms with van der Waals surface area (Å²) < 4.78 is 20.2. The van der Waals surface area contributed by atoms with E-state index in [9.17, 15) is 4.79 Å². The molecule has 0 aliphatic carbocycles. The number of hydrogen-bond acceptors (Lipinski definition) is 5. The first-order valence-corrected chi connectivity index (χ1v) is 28.5. The summed E-state index contributed by atoms with van der Waals surface area (Å²) in [6.45, 7) is 6.24. The molecule has 410 valence electrons. The first-order chi connectivity index (χ1) is 40.5. The van der Waals surface area contributed by atoms with Crippen molar-refractivity contribution in [1.29, 1.82) is 0 Å². The second kappa shape index (κ2) is 22.1. The van der Waals surface area contributed by atoms with E-state index >= 15 is 0 Å². The number of fused-ring (bicyclic) bond motifs is 12. The summed E-state index contributed by atoms with van der Waals surface area (Å²) in [6, 6.07) is 38.1. The van der Waals surface area contributed by atoms with Crippen molar-refractivity contribution in [1.82, 2.24) is 30.2 Å². The molecule has 11 aromatic rings. The molecule has 2 aliphatic heterocycles. The third-order valence-corrected chi connectivity index (χ3v) is 16.3. The van der Waals surface area contributed by atoms with Gasteiger partial charge in [0.05, 0.1) is 42.0 Å². The summed E-state index contributed by atoms with van der Waals surface area (Å²) in [5, 5.41) is 8.01. The molecular weight excluding hydrogens is 1030 g/mol. The number of amides is 1. The second-order valence-electron chi connectivity index (χ2n) is 21.8. The summed E-state index contributed by atoms with van der Waals surface area (Å²) in [4.78, 5) is 35.3. The van der Waals surface area contributed by atoms with E-state index < -0.39 is 0 Å². The highest BCUT2D eigenvalue weighted by atomic mass is 16.5. The van der Waals surface area contributed by atoms with E-state index in [1.54, 1.807) is 7.11 Å². The van der Waals surface area contributed by atoms with E-state index in [1.807, 2.05) is 53.0 Å². The molecule has 2 aliphatic rings. The molecule has 4 N–H and O–H groups in total. The Kier molecular flexibility index (Phi) is 14.0. The third-order valence-electron chi connectivity index (χ3n) is 16.3. The zero-order chi connectivity index (χ0) is 56.7. The Morgan fingerprint density at radius 3 is 1.49 bits per heavy atom. The number of hydrogen-bond donors (Lipinski definition) is 4. The molecule has 13 heteroatoms. The molecule has 83 heavy (non-hydrogen) atoms. The summed E-state index contributed by atoms with van der Waals surface area (Å²) in [7, 11) is 7.80. The van der Waals surface area contributed by atoms with Crippen LogP contribution in [0.4, 0.5) is 0 Å². The number of carbonyl (C=O) groups excluding carboxylic acids is 1. The predicted molar refractivity (Wildman–Crippen MR) is 331 cm³/mol. The average Bonchev–Trinajstić information content (AvgIpc) is 2.64. The molecule has 13 rings (SSSR count). The number of aromatic nitrogens is 9. The lowest BCUT2D eigenvalue weighted by molar-refractivity contribution is -0.696. The molecular formula is C70H66N10O3+4. The van der Waals surface area contributed by atoms with Gasteiger partial charge in [-0.1, -0.05) is 12.1 Å². The zero-order valence-electron chi connectivity index (χ0n) is 47.7. The van der Waals surface area contributed by atoms with Crippen LogP contribution in [0.3, 0.4) is 0 Å². The van der Waals surface area contributed by atoms with Gasteiger partial charge in [0.2, 0.25) is 5.91 Å². The maximum Gasteiger partial charge on any atom is 0.220 e. The highest BCUT2D eigenvalue weighted by Crippen LogP contribution is 2.40.